The van der Waals surface area contributed by atoms with E-state index < -0.39 is 5.97 Å². The molecule has 0 saturated carbocycles. The molecule has 5 nitrogen and oxygen atoms in total. The van der Waals surface area contributed by atoms with Crippen molar-refractivity contribution >= 4 is 39.7 Å². The molecule has 0 bridgehead atoms. The Kier molecular flexibility index (Phi) is 4.24. The molecule has 0 aliphatic heterocycles. The van der Waals surface area contributed by atoms with E-state index in [0.717, 1.165) is 17.0 Å². The molecule has 0 radical (unpaired) electrons. The van der Waals surface area contributed by atoms with Crippen molar-refractivity contribution in [3.05, 3.63) is 34.3 Å². The van der Waals surface area contributed by atoms with Crippen LogP contribution >= 0.6 is 22.9 Å². The Labute approximate surface area is 119 Å². The Bertz CT molecular complexity index is 600. The van der Waals surface area contributed by atoms with E-state index in [-0.39, 0.29) is 10.0 Å². The van der Waals surface area contributed by atoms with Gasteiger partial charge < -0.3 is 14.8 Å². The molecule has 1 aromatic heterocycles. The fraction of sp³-hybridized carbons (Fsp3) is 0.167. The number of carbonyl (C=O) groups excluding carboxylic acids is 1. The van der Waals surface area contributed by atoms with Crippen LogP contribution in [0.4, 0.5) is 10.8 Å². The van der Waals surface area contributed by atoms with Gasteiger partial charge in [0.15, 0.2) is 15.2 Å². The predicted molar refractivity (Wildman–Crippen MR) is 74.7 cm³/mol. The molecule has 19 heavy (non-hydrogen) atoms. The Morgan fingerprint density at radius 1 is 1.37 bits per heavy atom. The summed E-state index contributed by atoms with van der Waals surface area (Å²) in [5.74, 6) is 0.170. The molecule has 0 spiro atoms. The third-order valence-electron chi connectivity index (χ3n) is 2.31. The van der Waals surface area contributed by atoms with Crippen molar-refractivity contribution in [2.75, 3.05) is 19.5 Å². The van der Waals surface area contributed by atoms with Crippen molar-refractivity contribution in [3.63, 3.8) is 0 Å². The van der Waals surface area contributed by atoms with Crippen LogP contribution in [0.5, 0.6) is 5.75 Å². The lowest BCUT2D eigenvalue weighted by Gasteiger charge is -2.07. The molecule has 0 aliphatic rings. The van der Waals surface area contributed by atoms with Gasteiger partial charge in [-0.2, -0.15) is 0 Å². The molecule has 2 aromatic rings. The quantitative estimate of drug-likeness (QED) is 0.877. The summed E-state index contributed by atoms with van der Waals surface area (Å²) < 4.78 is 9.83. The van der Waals surface area contributed by atoms with Gasteiger partial charge in [0.1, 0.15) is 5.75 Å². The van der Waals surface area contributed by atoms with Gasteiger partial charge in [-0.15, -0.1) is 0 Å². The van der Waals surface area contributed by atoms with E-state index >= 15 is 0 Å². The van der Waals surface area contributed by atoms with E-state index in [0.29, 0.717) is 10.9 Å². The zero-order valence-electron chi connectivity index (χ0n) is 10.3. The lowest BCUT2D eigenvalue weighted by molar-refractivity contribution is 0.0606. The summed E-state index contributed by atoms with van der Waals surface area (Å²) in [6.45, 7) is 0. The molecule has 0 atom stereocenters. The molecule has 0 aliphatic carbocycles. The monoisotopic (exact) mass is 298 g/mol. The van der Waals surface area contributed by atoms with Crippen LogP contribution in [-0.2, 0) is 4.74 Å². The van der Waals surface area contributed by atoms with Crippen molar-refractivity contribution in [2.24, 2.45) is 0 Å². The van der Waals surface area contributed by atoms with E-state index in [2.05, 4.69) is 15.0 Å². The normalized spacial score (nSPS) is 10.1. The number of nitrogens with one attached hydrogen (secondary N) is 1. The van der Waals surface area contributed by atoms with Gasteiger partial charge in [-0.25, -0.2) is 9.78 Å². The number of ether oxygens (including phenoxy) is 2. The highest BCUT2D eigenvalue weighted by Gasteiger charge is 2.17. The number of hydrogen-bond acceptors (Lipinski definition) is 6. The highest BCUT2D eigenvalue weighted by Crippen LogP contribution is 2.32. The lowest BCUT2D eigenvalue weighted by Crippen LogP contribution is -1.98. The van der Waals surface area contributed by atoms with Crippen LogP contribution in [0, 0.1) is 0 Å². The van der Waals surface area contributed by atoms with Crippen molar-refractivity contribution in [2.45, 2.75) is 0 Å². The maximum Gasteiger partial charge on any atom is 0.351 e. The summed E-state index contributed by atoms with van der Waals surface area (Å²) >= 11 is 7.01. The van der Waals surface area contributed by atoms with Gasteiger partial charge in [0.05, 0.1) is 19.9 Å². The van der Waals surface area contributed by atoms with Gasteiger partial charge in [0.2, 0.25) is 0 Å². The van der Waals surface area contributed by atoms with E-state index in [1.54, 1.807) is 7.11 Å². The van der Waals surface area contributed by atoms with Crippen molar-refractivity contribution < 1.29 is 14.3 Å². The Morgan fingerprint density at radius 3 is 2.79 bits per heavy atom. The Balaban J connectivity index is 2.27. The van der Waals surface area contributed by atoms with E-state index in [1.807, 2.05) is 24.3 Å². The number of para-hydroxylation sites is 2. The van der Waals surface area contributed by atoms with Gasteiger partial charge in [-0.3, -0.25) is 0 Å². The highest BCUT2D eigenvalue weighted by molar-refractivity contribution is 7.18. The first kappa shape index (κ1) is 13.6. The number of nitrogens with zero attached hydrogens (tertiary/aromatic N) is 1. The van der Waals surface area contributed by atoms with Crippen molar-refractivity contribution in [1.29, 1.82) is 0 Å². The number of thiazole rings is 1. The molecule has 2 rings (SSSR count). The van der Waals surface area contributed by atoms with Crippen LogP contribution in [0.1, 0.15) is 9.67 Å². The SMILES string of the molecule is COC(=O)c1sc(Nc2ccccc2OC)nc1Cl. The molecule has 1 heterocycles. The lowest BCUT2D eigenvalue weighted by atomic mass is 10.3. The zero-order valence-corrected chi connectivity index (χ0v) is 11.8. The topological polar surface area (TPSA) is 60.5 Å². The van der Waals surface area contributed by atoms with Crippen LogP contribution < -0.4 is 10.1 Å². The van der Waals surface area contributed by atoms with Crippen molar-refractivity contribution in [3.8, 4) is 5.75 Å². The average molecular weight is 299 g/mol. The second-order valence-electron chi connectivity index (χ2n) is 3.46. The summed E-state index contributed by atoms with van der Waals surface area (Å²) in [6, 6.07) is 7.38. The fourth-order valence-corrected chi connectivity index (χ4v) is 2.55. The third kappa shape index (κ3) is 2.97. The maximum atomic E-state index is 11.4. The van der Waals surface area contributed by atoms with Gasteiger partial charge >= 0.3 is 5.97 Å². The number of rotatable bonds is 4. The molecular weight excluding hydrogens is 288 g/mol. The summed E-state index contributed by atoms with van der Waals surface area (Å²) in [7, 11) is 2.88. The number of anilines is 2. The third-order valence-corrected chi connectivity index (χ3v) is 3.64. The molecule has 0 amide bonds. The van der Waals surface area contributed by atoms with Gasteiger partial charge in [0, 0.05) is 0 Å². The van der Waals surface area contributed by atoms with Crippen LogP contribution in [0.2, 0.25) is 5.15 Å². The first-order chi connectivity index (χ1) is 9.15. The number of benzene rings is 1. The number of aromatic nitrogens is 1. The average Bonchev–Trinajstić information content (AvgIpc) is 2.79. The van der Waals surface area contributed by atoms with Crippen LogP contribution in [-0.4, -0.2) is 25.2 Å². The maximum absolute atomic E-state index is 11.4. The minimum atomic E-state index is -0.504. The summed E-state index contributed by atoms with van der Waals surface area (Å²) in [5, 5.41) is 3.67. The standard InChI is InChI=1S/C12H11ClN2O3S/c1-17-8-6-4-3-5-7(8)14-12-15-10(13)9(19-12)11(16)18-2/h3-6H,1-2H3,(H,14,15). The van der Waals surface area contributed by atoms with Crippen LogP contribution in [0.25, 0.3) is 0 Å². The number of carbonyl (C=O) groups is 1. The molecular formula is C12H11ClN2O3S. The second-order valence-corrected chi connectivity index (χ2v) is 4.81. The largest absolute Gasteiger partial charge is 0.495 e. The summed E-state index contributed by atoms with van der Waals surface area (Å²) in [4.78, 5) is 15.8. The smallest absolute Gasteiger partial charge is 0.351 e. The molecule has 0 fully saturated rings. The Morgan fingerprint density at radius 2 is 2.11 bits per heavy atom. The van der Waals surface area contributed by atoms with E-state index in [4.69, 9.17) is 16.3 Å². The molecule has 1 N–H and O–H groups in total. The molecule has 7 heteroatoms. The van der Waals surface area contributed by atoms with Crippen LogP contribution in [0.3, 0.4) is 0 Å². The van der Waals surface area contributed by atoms with Gasteiger partial charge in [-0.1, -0.05) is 35.1 Å². The van der Waals surface area contributed by atoms with E-state index in [9.17, 15) is 4.79 Å². The highest BCUT2D eigenvalue weighted by atomic mass is 35.5. The first-order valence-corrected chi connectivity index (χ1v) is 6.50. The molecule has 100 valence electrons. The zero-order chi connectivity index (χ0) is 13.8. The Hall–Kier alpha value is -1.79. The first-order valence-electron chi connectivity index (χ1n) is 5.30. The van der Waals surface area contributed by atoms with Gasteiger partial charge in [0.25, 0.3) is 0 Å². The number of halogens is 1. The second kappa shape index (κ2) is 5.90. The van der Waals surface area contributed by atoms with Crippen molar-refractivity contribution in [1.82, 2.24) is 4.98 Å². The number of methoxy groups -OCH3 is 2. The number of esters is 1. The molecule has 0 saturated heterocycles. The van der Waals surface area contributed by atoms with Crippen LogP contribution in [0.15, 0.2) is 24.3 Å². The fourth-order valence-electron chi connectivity index (χ4n) is 1.44. The minimum absolute atomic E-state index is 0.120. The summed E-state index contributed by atoms with van der Waals surface area (Å²) in [6.07, 6.45) is 0. The molecule has 0 unspecified atom stereocenters. The summed E-state index contributed by atoms with van der Waals surface area (Å²) in [5.41, 5.74) is 0.742. The molecule has 1 aromatic carbocycles. The predicted octanol–water partition coefficient (Wildman–Crippen LogP) is 3.34. The van der Waals surface area contributed by atoms with Gasteiger partial charge in [-0.05, 0) is 12.1 Å². The minimum Gasteiger partial charge on any atom is -0.495 e. The number of hydrogen-bond donors (Lipinski definition) is 1. The van der Waals surface area contributed by atoms with E-state index in [1.165, 1.54) is 7.11 Å².